The second-order valence-electron chi connectivity index (χ2n) is 4.31. The van der Waals surface area contributed by atoms with Crippen LogP contribution >= 0.6 is 0 Å². The van der Waals surface area contributed by atoms with Gasteiger partial charge in [-0.25, -0.2) is 5.43 Å². The van der Waals surface area contributed by atoms with Gasteiger partial charge in [0.1, 0.15) is 6.42 Å². The summed E-state index contributed by atoms with van der Waals surface area (Å²) in [5.74, 6) is -0.430. The summed E-state index contributed by atoms with van der Waals surface area (Å²) in [4.78, 5) is 13.4. The summed E-state index contributed by atoms with van der Waals surface area (Å²) >= 11 is 0. The first-order chi connectivity index (χ1) is 9.52. The lowest BCUT2D eigenvalue weighted by Crippen LogP contribution is -2.21. The molecule has 20 heavy (non-hydrogen) atoms. The van der Waals surface area contributed by atoms with Crippen LogP contribution in [-0.2, 0) is 9.53 Å². The lowest BCUT2D eigenvalue weighted by molar-refractivity contribution is -0.120. The molecule has 0 saturated heterocycles. The molecule has 0 heterocycles. The number of nitrogens with zero attached hydrogens (tertiary/aromatic N) is 2. The van der Waals surface area contributed by atoms with Crippen LogP contribution in [0.1, 0.15) is 18.9 Å². The highest BCUT2D eigenvalue weighted by molar-refractivity contribution is 5.95. The number of benzene rings is 1. The zero-order chi connectivity index (χ0) is 15.0. The quantitative estimate of drug-likeness (QED) is 0.470. The molecule has 0 aliphatic rings. The van der Waals surface area contributed by atoms with E-state index in [1.165, 1.54) is 0 Å². The van der Waals surface area contributed by atoms with Crippen molar-refractivity contribution in [3.63, 3.8) is 0 Å². The molecule has 0 fully saturated rings. The molecular formula is C14H20N4O2. The van der Waals surface area contributed by atoms with E-state index in [0.717, 1.165) is 11.3 Å². The minimum atomic E-state index is -0.371. The molecule has 0 radical (unpaired) electrons. The third kappa shape index (κ3) is 5.51. The number of carbonyl (C=O) groups excluding carboxylic acids is 1. The van der Waals surface area contributed by atoms with Gasteiger partial charge in [0.25, 0.3) is 0 Å². The van der Waals surface area contributed by atoms with Crippen molar-refractivity contribution in [2.75, 3.05) is 25.6 Å². The van der Waals surface area contributed by atoms with Crippen LogP contribution in [0.2, 0.25) is 0 Å². The molecule has 0 atom stereocenters. The van der Waals surface area contributed by atoms with E-state index in [0.29, 0.717) is 6.61 Å². The molecule has 0 saturated carbocycles. The topological polar surface area (TPSA) is 77.8 Å². The van der Waals surface area contributed by atoms with Gasteiger partial charge < -0.3 is 9.64 Å². The normalized spacial score (nSPS) is 10.3. The number of hydrogen-bond acceptors (Lipinski definition) is 5. The van der Waals surface area contributed by atoms with E-state index >= 15 is 0 Å². The SMILES string of the molecule is CCOC(=N)CC(=O)N/N=C/c1ccc(N(C)C)cc1. The Morgan fingerprint density at radius 3 is 2.60 bits per heavy atom. The number of carbonyl (C=O) groups is 1. The molecule has 2 N–H and O–H groups in total. The molecule has 0 aromatic heterocycles. The van der Waals surface area contributed by atoms with Crippen molar-refractivity contribution in [3.05, 3.63) is 29.8 Å². The average Bonchev–Trinajstić information content (AvgIpc) is 2.39. The van der Waals surface area contributed by atoms with Crippen LogP contribution in [0, 0.1) is 5.41 Å². The summed E-state index contributed by atoms with van der Waals surface area (Å²) in [7, 11) is 3.94. The number of anilines is 1. The van der Waals surface area contributed by atoms with Gasteiger partial charge in [0, 0.05) is 19.8 Å². The fourth-order valence-electron chi connectivity index (χ4n) is 1.45. The van der Waals surface area contributed by atoms with E-state index in [9.17, 15) is 4.79 Å². The predicted octanol–water partition coefficient (Wildman–Crippen LogP) is 1.61. The van der Waals surface area contributed by atoms with E-state index in [1.54, 1.807) is 13.1 Å². The van der Waals surface area contributed by atoms with Crippen LogP contribution in [0.4, 0.5) is 5.69 Å². The van der Waals surface area contributed by atoms with E-state index in [4.69, 9.17) is 10.1 Å². The Morgan fingerprint density at radius 1 is 1.40 bits per heavy atom. The van der Waals surface area contributed by atoms with Gasteiger partial charge in [0.2, 0.25) is 5.91 Å². The summed E-state index contributed by atoms with van der Waals surface area (Å²) in [5, 5.41) is 11.2. The number of hydrogen-bond donors (Lipinski definition) is 2. The molecule has 0 aliphatic heterocycles. The van der Waals surface area contributed by atoms with Crippen molar-refractivity contribution >= 4 is 23.7 Å². The number of hydrazone groups is 1. The van der Waals surface area contributed by atoms with Crippen LogP contribution in [0.3, 0.4) is 0 Å². The molecule has 108 valence electrons. The lowest BCUT2D eigenvalue weighted by Gasteiger charge is -2.11. The zero-order valence-electron chi connectivity index (χ0n) is 12.0. The third-order valence-corrected chi connectivity index (χ3v) is 2.45. The maximum Gasteiger partial charge on any atom is 0.249 e. The van der Waals surface area contributed by atoms with Crippen molar-refractivity contribution in [2.24, 2.45) is 5.10 Å². The Hall–Kier alpha value is -2.37. The minimum absolute atomic E-state index is 0.0597. The monoisotopic (exact) mass is 276 g/mol. The molecule has 1 amide bonds. The van der Waals surface area contributed by atoms with Gasteiger partial charge in [-0.1, -0.05) is 12.1 Å². The van der Waals surface area contributed by atoms with Crippen molar-refractivity contribution in [1.29, 1.82) is 5.41 Å². The summed E-state index contributed by atoms with van der Waals surface area (Å²) in [6, 6.07) is 7.75. The van der Waals surface area contributed by atoms with Crippen LogP contribution < -0.4 is 10.3 Å². The molecule has 6 heteroatoms. The standard InChI is InChI=1S/C14H20N4O2/c1-4-20-13(15)9-14(19)17-16-10-11-5-7-12(8-6-11)18(2)3/h5-8,10,15H,4,9H2,1-3H3,(H,17,19)/b15-13?,16-10+. The molecule has 0 aliphatic carbocycles. The molecule has 1 aromatic rings. The van der Waals surface area contributed by atoms with Gasteiger partial charge in [-0.15, -0.1) is 0 Å². The van der Waals surface area contributed by atoms with Gasteiger partial charge in [-0.2, -0.15) is 5.10 Å². The van der Waals surface area contributed by atoms with E-state index in [1.807, 2.05) is 43.3 Å². The minimum Gasteiger partial charge on any atom is -0.481 e. The van der Waals surface area contributed by atoms with E-state index in [2.05, 4.69) is 10.5 Å². The van der Waals surface area contributed by atoms with Crippen LogP contribution in [-0.4, -0.2) is 38.7 Å². The second-order valence-corrected chi connectivity index (χ2v) is 4.31. The van der Waals surface area contributed by atoms with Crippen LogP contribution in [0.5, 0.6) is 0 Å². The summed E-state index contributed by atoms with van der Waals surface area (Å²) in [6.07, 6.45) is 1.45. The van der Waals surface area contributed by atoms with Crippen LogP contribution in [0.25, 0.3) is 0 Å². The number of ether oxygens (including phenoxy) is 1. The molecule has 6 nitrogen and oxygen atoms in total. The van der Waals surface area contributed by atoms with Gasteiger partial charge in [-0.3, -0.25) is 10.2 Å². The summed E-state index contributed by atoms with van der Waals surface area (Å²) < 4.78 is 4.88. The Morgan fingerprint density at radius 2 is 2.05 bits per heavy atom. The lowest BCUT2D eigenvalue weighted by atomic mass is 10.2. The molecule has 0 bridgehead atoms. The summed E-state index contributed by atoms with van der Waals surface area (Å²) in [6.45, 7) is 2.15. The van der Waals surface area contributed by atoms with Gasteiger partial charge in [-0.05, 0) is 24.6 Å². The highest BCUT2D eigenvalue weighted by Gasteiger charge is 2.04. The number of nitrogens with one attached hydrogen (secondary N) is 2. The first kappa shape index (κ1) is 15.7. The molecule has 0 spiro atoms. The molecule has 1 rings (SSSR count). The largest absolute Gasteiger partial charge is 0.481 e. The van der Waals surface area contributed by atoms with Crippen LogP contribution in [0.15, 0.2) is 29.4 Å². The third-order valence-electron chi connectivity index (χ3n) is 2.45. The maximum absolute atomic E-state index is 11.4. The van der Waals surface area contributed by atoms with Crippen molar-refractivity contribution in [1.82, 2.24) is 5.43 Å². The Balaban J connectivity index is 2.44. The average molecular weight is 276 g/mol. The molecule has 0 unspecified atom stereocenters. The van der Waals surface area contributed by atoms with Crippen molar-refractivity contribution < 1.29 is 9.53 Å². The Labute approximate surface area is 118 Å². The van der Waals surface area contributed by atoms with Gasteiger partial charge >= 0.3 is 0 Å². The highest BCUT2D eigenvalue weighted by atomic mass is 16.5. The predicted molar refractivity (Wildman–Crippen MR) is 80.5 cm³/mol. The first-order valence-corrected chi connectivity index (χ1v) is 6.32. The fourth-order valence-corrected chi connectivity index (χ4v) is 1.45. The van der Waals surface area contributed by atoms with Crippen molar-refractivity contribution in [3.8, 4) is 0 Å². The second kappa shape index (κ2) is 7.93. The first-order valence-electron chi connectivity index (χ1n) is 6.32. The number of amides is 1. The van der Waals surface area contributed by atoms with Gasteiger partial charge in [0.05, 0.1) is 12.8 Å². The summed E-state index contributed by atoms with van der Waals surface area (Å²) in [5.41, 5.74) is 4.34. The fraction of sp³-hybridized carbons (Fsp3) is 0.357. The molecular weight excluding hydrogens is 256 g/mol. The zero-order valence-corrected chi connectivity index (χ0v) is 12.0. The molecule has 1 aromatic carbocycles. The van der Waals surface area contributed by atoms with Gasteiger partial charge in [0.15, 0.2) is 5.90 Å². The maximum atomic E-state index is 11.4. The number of rotatable bonds is 6. The Kier molecular flexibility index (Phi) is 6.22. The highest BCUT2D eigenvalue weighted by Crippen LogP contribution is 2.10. The van der Waals surface area contributed by atoms with E-state index < -0.39 is 0 Å². The smallest absolute Gasteiger partial charge is 0.249 e. The van der Waals surface area contributed by atoms with Crippen molar-refractivity contribution in [2.45, 2.75) is 13.3 Å². The Bertz CT molecular complexity index is 480. The van der Waals surface area contributed by atoms with E-state index in [-0.39, 0.29) is 18.2 Å².